The average molecular weight is 207 g/mol. The predicted molar refractivity (Wildman–Crippen MR) is 53.9 cm³/mol. The molecule has 0 unspecified atom stereocenters. The molecule has 15 heavy (non-hydrogen) atoms. The number of nitrogen functional groups attached to an aromatic ring is 1. The van der Waals surface area contributed by atoms with Crippen LogP contribution in [0.1, 0.15) is 18.6 Å². The Kier molecular flexibility index (Phi) is 2.36. The highest BCUT2D eigenvalue weighted by molar-refractivity contribution is 5.09. The van der Waals surface area contributed by atoms with Crippen molar-refractivity contribution >= 4 is 5.95 Å². The van der Waals surface area contributed by atoms with Crippen LogP contribution in [0.25, 0.3) is 0 Å². The zero-order valence-corrected chi connectivity index (χ0v) is 8.75. The van der Waals surface area contributed by atoms with Crippen LogP contribution in [0.15, 0.2) is 6.33 Å². The van der Waals surface area contributed by atoms with E-state index in [9.17, 15) is 0 Å². The van der Waals surface area contributed by atoms with Crippen molar-refractivity contribution in [1.82, 2.24) is 29.5 Å². The fourth-order valence-corrected chi connectivity index (χ4v) is 1.37. The van der Waals surface area contributed by atoms with E-state index in [1.54, 1.807) is 11.0 Å². The minimum atomic E-state index is 0.271. The second-order valence-corrected chi connectivity index (χ2v) is 3.25. The monoisotopic (exact) mass is 207 g/mol. The molecule has 2 N–H and O–H groups in total. The zero-order valence-electron chi connectivity index (χ0n) is 8.75. The molecule has 2 heterocycles. The van der Waals surface area contributed by atoms with Gasteiger partial charge in [0.05, 0.1) is 0 Å². The Morgan fingerprint density at radius 2 is 2.07 bits per heavy atom. The largest absolute Gasteiger partial charge is 0.367 e. The van der Waals surface area contributed by atoms with Crippen molar-refractivity contribution in [3.05, 3.63) is 18.0 Å². The summed E-state index contributed by atoms with van der Waals surface area (Å²) in [5, 5.41) is 12.1. The van der Waals surface area contributed by atoms with Crippen molar-refractivity contribution in [3.8, 4) is 0 Å². The Balaban J connectivity index is 2.21. The lowest BCUT2D eigenvalue weighted by Crippen LogP contribution is -2.08. The lowest BCUT2D eigenvalue weighted by atomic mass is 10.4. The first-order valence-electron chi connectivity index (χ1n) is 4.72. The van der Waals surface area contributed by atoms with Crippen LogP contribution in [0.4, 0.5) is 5.95 Å². The van der Waals surface area contributed by atoms with Gasteiger partial charge in [-0.2, -0.15) is 0 Å². The van der Waals surface area contributed by atoms with Gasteiger partial charge in [-0.3, -0.25) is 0 Å². The molecule has 0 bridgehead atoms. The molecule has 0 amide bonds. The van der Waals surface area contributed by atoms with E-state index in [0.29, 0.717) is 6.54 Å². The van der Waals surface area contributed by atoms with Crippen molar-refractivity contribution < 1.29 is 0 Å². The van der Waals surface area contributed by atoms with Crippen LogP contribution in [0.2, 0.25) is 0 Å². The van der Waals surface area contributed by atoms with Gasteiger partial charge < -0.3 is 10.3 Å². The summed E-state index contributed by atoms with van der Waals surface area (Å²) in [5.74, 6) is 2.07. The van der Waals surface area contributed by atoms with Gasteiger partial charge in [-0.1, -0.05) is 6.92 Å². The number of hydrogen-bond acceptors (Lipinski definition) is 5. The molecule has 0 saturated heterocycles. The maximum Gasteiger partial charge on any atom is 0.239 e. The van der Waals surface area contributed by atoms with E-state index in [2.05, 4.69) is 20.3 Å². The molecule has 80 valence electrons. The van der Waals surface area contributed by atoms with E-state index >= 15 is 0 Å². The van der Waals surface area contributed by atoms with E-state index in [1.165, 1.54) is 0 Å². The molecule has 2 aromatic heterocycles. The van der Waals surface area contributed by atoms with Crippen LogP contribution in [-0.4, -0.2) is 29.5 Å². The van der Waals surface area contributed by atoms with E-state index in [0.717, 1.165) is 18.1 Å². The van der Waals surface area contributed by atoms with E-state index in [1.807, 2.05) is 18.5 Å². The smallest absolute Gasteiger partial charge is 0.239 e. The second kappa shape index (κ2) is 3.68. The van der Waals surface area contributed by atoms with Gasteiger partial charge in [-0.15, -0.1) is 15.3 Å². The molecule has 7 nitrogen and oxygen atoms in total. The van der Waals surface area contributed by atoms with Gasteiger partial charge in [-0.25, -0.2) is 9.67 Å². The van der Waals surface area contributed by atoms with E-state index in [-0.39, 0.29) is 5.95 Å². The van der Waals surface area contributed by atoms with Crippen LogP contribution in [-0.2, 0) is 20.0 Å². The summed E-state index contributed by atoms with van der Waals surface area (Å²) in [5.41, 5.74) is 5.42. The number of anilines is 1. The fourth-order valence-electron chi connectivity index (χ4n) is 1.37. The highest BCUT2D eigenvalue weighted by Gasteiger charge is 2.07. The van der Waals surface area contributed by atoms with Gasteiger partial charge in [0.2, 0.25) is 5.95 Å². The third-order valence-corrected chi connectivity index (χ3v) is 2.23. The Bertz CT molecular complexity index is 455. The number of aryl methyl sites for hydroxylation is 1. The van der Waals surface area contributed by atoms with Crippen molar-refractivity contribution in [2.75, 3.05) is 5.73 Å². The first-order valence-corrected chi connectivity index (χ1v) is 4.72. The molecule has 0 aliphatic carbocycles. The minimum Gasteiger partial charge on any atom is -0.367 e. The van der Waals surface area contributed by atoms with Gasteiger partial charge in [0.15, 0.2) is 5.82 Å². The summed E-state index contributed by atoms with van der Waals surface area (Å²) in [4.78, 5) is 3.84. The number of nitrogens with zero attached hydrogens (tertiary/aromatic N) is 6. The van der Waals surface area contributed by atoms with Crippen LogP contribution >= 0.6 is 0 Å². The lowest BCUT2D eigenvalue weighted by molar-refractivity contribution is 0.625. The molecule has 2 rings (SSSR count). The molecule has 0 radical (unpaired) electrons. The zero-order chi connectivity index (χ0) is 10.8. The third-order valence-electron chi connectivity index (χ3n) is 2.23. The van der Waals surface area contributed by atoms with Gasteiger partial charge in [-0.05, 0) is 0 Å². The standard InChI is InChI=1S/C8H13N7/c1-3-6-11-12-7(14(6)2)4-15-5-10-8(9)13-15/h5H,3-4H2,1-2H3,(H2,9,13). The number of hydrogen-bond donors (Lipinski definition) is 1. The topological polar surface area (TPSA) is 87.4 Å². The van der Waals surface area contributed by atoms with Crippen molar-refractivity contribution in [2.24, 2.45) is 7.05 Å². The molecule has 0 spiro atoms. The summed E-state index contributed by atoms with van der Waals surface area (Å²) < 4.78 is 3.59. The first-order chi connectivity index (χ1) is 7.20. The summed E-state index contributed by atoms with van der Waals surface area (Å²) in [6.45, 7) is 2.58. The SMILES string of the molecule is CCc1nnc(Cn2cnc(N)n2)n1C. The highest BCUT2D eigenvalue weighted by Crippen LogP contribution is 2.02. The van der Waals surface area contributed by atoms with Gasteiger partial charge >= 0.3 is 0 Å². The molecule has 0 aliphatic rings. The molecule has 0 fully saturated rings. The van der Waals surface area contributed by atoms with Crippen molar-refractivity contribution in [1.29, 1.82) is 0 Å². The fraction of sp³-hybridized carbons (Fsp3) is 0.500. The van der Waals surface area contributed by atoms with Crippen LogP contribution in [0.5, 0.6) is 0 Å². The molecular formula is C8H13N7. The van der Waals surface area contributed by atoms with E-state index in [4.69, 9.17) is 5.73 Å². The van der Waals surface area contributed by atoms with Crippen LogP contribution in [0.3, 0.4) is 0 Å². The molecule has 0 saturated carbocycles. The molecule has 0 atom stereocenters. The van der Waals surface area contributed by atoms with Gasteiger partial charge in [0, 0.05) is 13.5 Å². The minimum absolute atomic E-state index is 0.271. The van der Waals surface area contributed by atoms with Gasteiger partial charge in [0.1, 0.15) is 18.7 Å². The maximum atomic E-state index is 5.42. The van der Waals surface area contributed by atoms with Crippen LogP contribution < -0.4 is 5.73 Å². The molecular weight excluding hydrogens is 194 g/mol. The highest BCUT2D eigenvalue weighted by atomic mass is 15.4. The van der Waals surface area contributed by atoms with Gasteiger partial charge in [0.25, 0.3) is 0 Å². The molecule has 7 heteroatoms. The molecule has 0 aromatic carbocycles. The average Bonchev–Trinajstić information content (AvgIpc) is 2.76. The number of nitrogens with two attached hydrogens (primary N) is 1. The Hall–Kier alpha value is -1.92. The number of rotatable bonds is 3. The second-order valence-electron chi connectivity index (χ2n) is 3.25. The van der Waals surface area contributed by atoms with Crippen LogP contribution in [0, 0.1) is 0 Å². The summed E-state index contributed by atoms with van der Waals surface area (Å²) in [6, 6.07) is 0. The number of aromatic nitrogens is 6. The Morgan fingerprint density at radius 1 is 1.33 bits per heavy atom. The Labute approximate surface area is 86.9 Å². The maximum absolute atomic E-state index is 5.42. The quantitative estimate of drug-likeness (QED) is 0.739. The Morgan fingerprint density at radius 3 is 2.60 bits per heavy atom. The normalized spacial score (nSPS) is 10.8. The lowest BCUT2D eigenvalue weighted by Gasteiger charge is -2.01. The first kappa shape index (κ1) is 9.63. The van der Waals surface area contributed by atoms with E-state index < -0.39 is 0 Å². The summed E-state index contributed by atoms with van der Waals surface area (Å²) in [7, 11) is 1.94. The summed E-state index contributed by atoms with van der Waals surface area (Å²) >= 11 is 0. The summed E-state index contributed by atoms with van der Waals surface area (Å²) in [6.07, 6.45) is 2.44. The van der Waals surface area contributed by atoms with Crippen molar-refractivity contribution in [3.63, 3.8) is 0 Å². The third kappa shape index (κ3) is 1.80. The molecule has 0 aliphatic heterocycles. The predicted octanol–water partition coefficient (Wildman–Crippen LogP) is -0.401. The van der Waals surface area contributed by atoms with Crippen molar-refractivity contribution in [2.45, 2.75) is 19.9 Å². The molecule has 2 aromatic rings.